The summed E-state index contributed by atoms with van der Waals surface area (Å²) in [6, 6.07) is 20.5. The Kier molecular flexibility index (Phi) is 5.76. The molecule has 2 aromatic heterocycles. The molecule has 0 amide bonds. The van der Waals surface area contributed by atoms with Gasteiger partial charge in [0.15, 0.2) is 5.82 Å². The summed E-state index contributed by atoms with van der Waals surface area (Å²) in [4.78, 5) is 2.22. The lowest BCUT2D eigenvalue weighted by Crippen LogP contribution is -2.20. The van der Waals surface area contributed by atoms with Gasteiger partial charge >= 0.3 is 0 Å². The van der Waals surface area contributed by atoms with E-state index >= 15 is 0 Å². The number of para-hydroxylation sites is 1. The number of benzene rings is 2. The molecule has 0 atom stereocenters. The van der Waals surface area contributed by atoms with Crippen LogP contribution in [0.2, 0.25) is 0 Å². The van der Waals surface area contributed by atoms with E-state index in [0.29, 0.717) is 6.54 Å². The van der Waals surface area contributed by atoms with E-state index in [1.807, 2.05) is 45.8 Å². The molecule has 0 fully saturated rings. The molecule has 0 saturated heterocycles. The second-order valence-corrected chi connectivity index (χ2v) is 7.14. The highest BCUT2D eigenvalue weighted by Crippen LogP contribution is 2.25. The maximum absolute atomic E-state index is 4.89. The first kappa shape index (κ1) is 19.0. The van der Waals surface area contributed by atoms with Crippen LogP contribution in [0.3, 0.4) is 0 Å². The summed E-state index contributed by atoms with van der Waals surface area (Å²) >= 11 is 0. The van der Waals surface area contributed by atoms with Gasteiger partial charge in [-0.25, -0.2) is 9.36 Å². The van der Waals surface area contributed by atoms with Crippen LogP contribution in [0.1, 0.15) is 24.7 Å². The van der Waals surface area contributed by atoms with Gasteiger partial charge < -0.3 is 0 Å². The van der Waals surface area contributed by atoms with E-state index in [2.05, 4.69) is 64.9 Å². The van der Waals surface area contributed by atoms with Crippen LogP contribution in [-0.4, -0.2) is 41.9 Å². The predicted octanol–water partition coefficient (Wildman–Crippen LogP) is 3.57. The molecule has 0 aliphatic carbocycles. The van der Waals surface area contributed by atoms with Crippen molar-refractivity contribution in [3.8, 4) is 16.9 Å². The van der Waals surface area contributed by atoms with Crippen LogP contribution in [-0.2, 0) is 19.6 Å². The van der Waals surface area contributed by atoms with Crippen LogP contribution in [0.25, 0.3) is 16.9 Å². The summed E-state index contributed by atoms with van der Waals surface area (Å²) in [6.07, 6.45) is 3.12. The van der Waals surface area contributed by atoms with Crippen molar-refractivity contribution in [2.24, 2.45) is 0 Å². The molecule has 0 bridgehead atoms. The summed E-state index contributed by atoms with van der Waals surface area (Å²) in [6.45, 7) is 4.38. The lowest BCUT2D eigenvalue weighted by molar-refractivity contribution is 0.302. The fourth-order valence-corrected chi connectivity index (χ4v) is 3.39. The zero-order valence-electron chi connectivity index (χ0n) is 16.8. The maximum atomic E-state index is 4.89. The van der Waals surface area contributed by atoms with Crippen molar-refractivity contribution in [3.05, 3.63) is 78.2 Å². The Balaban J connectivity index is 1.61. The number of aryl methyl sites for hydroxylation is 1. The highest BCUT2D eigenvalue weighted by atomic mass is 15.5. The van der Waals surface area contributed by atoms with E-state index in [4.69, 9.17) is 5.10 Å². The Morgan fingerprint density at radius 3 is 2.38 bits per heavy atom. The van der Waals surface area contributed by atoms with Gasteiger partial charge in [0.2, 0.25) is 0 Å². The molecule has 4 aromatic rings. The molecule has 0 saturated carbocycles. The number of nitrogens with zero attached hydrogens (tertiary/aromatic N) is 7. The third kappa shape index (κ3) is 4.41. The second-order valence-electron chi connectivity index (χ2n) is 7.14. The topological polar surface area (TPSA) is 64.7 Å². The Labute approximate surface area is 170 Å². The Morgan fingerprint density at radius 1 is 0.931 bits per heavy atom. The molecule has 4 rings (SSSR count). The SMILES string of the molecule is CCCn1nnnc1CN(C)Cc1cn(-c2ccccc2)nc1-c1ccccc1. The zero-order valence-corrected chi connectivity index (χ0v) is 16.8. The van der Waals surface area contributed by atoms with E-state index in [1.165, 1.54) is 0 Å². The summed E-state index contributed by atoms with van der Waals surface area (Å²) in [7, 11) is 2.08. The first-order valence-corrected chi connectivity index (χ1v) is 9.87. The summed E-state index contributed by atoms with van der Waals surface area (Å²) in [5.41, 5.74) is 4.32. The predicted molar refractivity (Wildman–Crippen MR) is 112 cm³/mol. The average Bonchev–Trinajstić information content (AvgIpc) is 3.37. The zero-order chi connectivity index (χ0) is 20.1. The molecule has 2 aromatic carbocycles. The van der Waals surface area contributed by atoms with E-state index in [9.17, 15) is 0 Å². The fourth-order valence-electron chi connectivity index (χ4n) is 3.39. The first-order chi connectivity index (χ1) is 14.2. The van der Waals surface area contributed by atoms with Crippen LogP contribution >= 0.6 is 0 Å². The van der Waals surface area contributed by atoms with Crippen molar-refractivity contribution >= 4 is 0 Å². The quantitative estimate of drug-likeness (QED) is 0.462. The number of hydrogen-bond acceptors (Lipinski definition) is 5. The van der Waals surface area contributed by atoms with Crippen molar-refractivity contribution in [2.45, 2.75) is 33.0 Å². The highest BCUT2D eigenvalue weighted by molar-refractivity contribution is 5.63. The van der Waals surface area contributed by atoms with Crippen molar-refractivity contribution in [3.63, 3.8) is 0 Å². The van der Waals surface area contributed by atoms with Gasteiger partial charge in [-0.2, -0.15) is 5.10 Å². The molecular formula is C22H25N7. The lowest BCUT2D eigenvalue weighted by atomic mass is 10.1. The van der Waals surface area contributed by atoms with Crippen molar-refractivity contribution in [1.82, 2.24) is 34.9 Å². The molecule has 0 N–H and O–H groups in total. The molecular weight excluding hydrogens is 362 g/mol. The van der Waals surface area contributed by atoms with Crippen LogP contribution in [0.4, 0.5) is 0 Å². The molecule has 29 heavy (non-hydrogen) atoms. The summed E-state index contributed by atoms with van der Waals surface area (Å²) < 4.78 is 3.83. The summed E-state index contributed by atoms with van der Waals surface area (Å²) in [5, 5.41) is 17.0. The minimum absolute atomic E-state index is 0.678. The second kappa shape index (κ2) is 8.79. The van der Waals surface area contributed by atoms with E-state index in [0.717, 1.165) is 47.8 Å². The molecule has 2 heterocycles. The average molecular weight is 387 g/mol. The third-order valence-electron chi connectivity index (χ3n) is 4.75. The molecule has 148 valence electrons. The standard InChI is InChI=1S/C22H25N7/c1-3-14-28-21(23-25-26-28)17-27(2)15-19-16-29(20-12-8-5-9-13-20)24-22(19)18-10-6-4-7-11-18/h4-13,16H,3,14-15,17H2,1-2H3. The maximum Gasteiger partial charge on any atom is 0.165 e. The summed E-state index contributed by atoms with van der Waals surface area (Å²) in [5.74, 6) is 0.881. The number of hydrogen-bond donors (Lipinski definition) is 0. The third-order valence-corrected chi connectivity index (χ3v) is 4.75. The van der Waals surface area contributed by atoms with Gasteiger partial charge in [-0.05, 0) is 36.0 Å². The normalized spacial score (nSPS) is 11.3. The van der Waals surface area contributed by atoms with Gasteiger partial charge in [0.1, 0.15) is 0 Å². The van der Waals surface area contributed by atoms with Crippen LogP contribution < -0.4 is 0 Å². The molecule has 0 unspecified atom stereocenters. The molecule has 0 spiro atoms. The minimum atomic E-state index is 0.678. The van der Waals surface area contributed by atoms with Gasteiger partial charge in [-0.3, -0.25) is 4.90 Å². The van der Waals surface area contributed by atoms with E-state index < -0.39 is 0 Å². The van der Waals surface area contributed by atoms with Gasteiger partial charge in [0, 0.05) is 30.4 Å². The van der Waals surface area contributed by atoms with Crippen molar-refractivity contribution in [2.75, 3.05) is 7.05 Å². The fraction of sp³-hybridized carbons (Fsp3) is 0.273. The van der Waals surface area contributed by atoms with Gasteiger partial charge in [-0.1, -0.05) is 55.5 Å². The molecule has 7 nitrogen and oxygen atoms in total. The van der Waals surface area contributed by atoms with Gasteiger partial charge in [0.25, 0.3) is 0 Å². The Bertz CT molecular complexity index is 1040. The smallest absolute Gasteiger partial charge is 0.165 e. The van der Waals surface area contributed by atoms with Gasteiger partial charge in [0.05, 0.1) is 17.9 Å². The van der Waals surface area contributed by atoms with Crippen molar-refractivity contribution in [1.29, 1.82) is 0 Å². The number of tetrazole rings is 1. The minimum Gasteiger partial charge on any atom is -0.295 e. The molecule has 0 aliphatic heterocycles. The van der Waals surface area contributed by atoms with Crippen LogP contribution in [0.15, 0.2) is 66.9 Å². The highest BCUT2D eigenvalue weighted by Gasteiger charge is 2.16. The number of aromatic nitrogens is 6. The molecule has 7 heteroatoms. The van der Waals surface area contributed by atoms with Crippen molar-refractivity contribution < 1.29 is 0 Å². The van der Waals surface area contributed by atoms with E-state index in [-0.39, 0.29) is 0 Å². The monoisotopic (exact) mass is 387 g/mol. The largest absolute Gasteiger partial charge is 0.295 e. The lowest BCUT2D eigenvalue weighted by Gasteiger charge is -2.16. The Morgan fingerprint density at radius 2 is 1.66 bits per heavy atom. The van der Waals surface area contributed by atoms with Crippen LogP contribution in [0.5, 0.6) is 0 Å². The Hall–Kier alpha value is -3.32. The van der Waals surface area contributed by atoms with E-state index in [1.54, 1.807) is 0 Å². The van der Waals surface area contributed by atoms with Gasteiger partial charge in [-0.15, -0.1) is 5.10 Å². The molecule has 0 aliphatic rings. The first-order valence-electron chi connectivity index (χ1n) is 9.87. The van der Waals surface area contributed by atoms with Crippen LogP contribution in [0, 0.1) is 0 Å². The number of rotatable bonds is 8. The molecule has 0 radical (unpaired) electrons.